The van der Waals surface area contributed by atoms with Crippen molar-refractivity contribution in [3.63, 3.8) is 0 Å². The molecule has 4 aliphatic carbocycles. The molecular formula is C41H69N3O9. The molecule has 0 aromatic heterocycles. The maximum atomic E-state index is 13.1. The van der Waals surface area contributed by atoms with Crippen LogP contribution in [0.4, 0.5) is 4.79 Å². The van der Waals surface area contributed by atoms with E-state index in [2.05, 4.69) is 57.5 Å². The molecule has 5 fully saturated rings. The number of esters is 1. The van der Waals surface area contributed by atoms with Gasteiger partial charge in [0.1, 0.15) is 24.8 Å². The van der Waals surface area contributed by atoms with E-state index < -0.39 is 41.2 Å². The van der Waals surface area contributed by atoms with E-state index in [4.69, 9.17) is 14.2 Å². The van der Waals surface area contributed by atoms with Crippen molar-refractivity contribution in [2.75, 3.05) is 19.6 Å². The lowest BCUT2D eigenvalue weighted by Crippen LogP contribution is -2.66. The van der Waals surface area contributed by atoms with Gasteiger partial charge in [0.2, 0.25) is 11.8 Å². The van der Waals surface area contributed by atoms with Crippen LogP contribution in [0.2, 0.25) is 0 Å². The first-order chi connectivity index (χ1) is 24.3. The Hall–Kier alpha value is -2.44. The van der Waals surface area contributed by atoms with E-state index in [1.54, 1.807) is 20.8 Å². The molecule has 0 aromatic rings. The number of hydrogen-bond acceptors (Lipinski definition) is 9. The van der Waals surface area contributed by atoms with Gasteiger partial charge in [-0.05, 0) is 139 Å². The number of aliphatic hydroxyl groups is 2. The number of hydrogen-bond donors (Lipinski definition) is 5. The summed E-state index contributed by atoms with van der Waals surface area (Å²) < 4.78 is 17.9. The van der Waals surface area contributed by atoms with Gasteiger partial charge in [-0.3, -0.25) is 14.4 Å². The highest BCUT2D eigenvalue weighted by Crippen LogP contribution is 2.76. The topological polar surface area (TPSA) is 173 Å². The molecule has 12 nitrogen and oxygen atoms in total. The quantitative estimate of drug-likeness (QED) is 0.203. The van der Waals surface area contributed by atoms with Gasteiger partial charge in [-0.1, -0.05) is 34.6 Å². The molecule has 5 rings (SSSR count). The first-order valence-corrected chi connectivity index (χ1v) is 20.0. The minimum absolute atomic E-state index is 0.0343. The third-order valence-corrected chi connectivity index (χ3v) is 15.2. The van der Waals surface area contributed by atoms with Crippen molar-refractivity contribution < 1.29 is 43.6 Å². The highest BCUT2D eigenvalue weighted by atomic mass is 16.6. The van der Waals surface area contributed by atoms with Crippen molar-refractivity contribution in [3.05, 3.63) is 0 Å². The number of alkyl carbamates (subject to hydrolysis) is 1. The van der Waals surface area contributed by atoms with Crippen molar-refractivity contribution in [2.24, 2.45) is 45.3 Å². The summed E-state index contributed by atoms with van der Waals surface area (Å²) in [6.07, 6.45) is 6.54. The molecule has 3 amide bonds. The molecule has 0 bridgehead atoms. The lowest BCUT2D eigenvalue weighted by molar-refractivity contribution is -0.251. The Kier molecular flexibility index (Phi) is 11.2. The smallest absolute Gasteiger partial charge is 0.408 e. The van der Waals surface area contributed by atoms with E-state index >= 15 is 0 Å². The summed E-state index contributed by atoms with van der Waals surface area (Å²) in [6, 6.07) is 0. The monoisotopic (exact) mass is 748 g/mol. The zero-order chi connectivity index (χ0) is 39.6. The van der Waals surface area contributed by atoms with Crippen LogP contribution in [0, 0.1) is 45.3 Å². The number of ether oxygens (including phenoxy) is 3. The standard InChI is InChI=1S/C41H69N3O9/c1-35(2,3)53-34(49)44-22-31(47)42-21-30(46)43-23-32(48)51-28-14-16-38(8)26(36(28,4)5)13-18-39(9)27(38)20-25(45)33-24(12-17-40(33,39)10)41(11)19-15-29(52-41)37(6,7)50/h24-29,33,45,50H,12-23H2,1-11H3,(H,42,47)(H,43,46)(H,44,49)/t24-,25+,26-,27+,28-,29-,33-,38-,39+,40+,41-/m0/s1. The second kappa shape index (κ2) is 14.3. The summed E-state index contributed by atoms with van der Waals surface area (Å²) in [7, 11) is 0. The molecule has 1 heterocycles. The van der Waals surface area contributed by atoms with E-state index in [1.165, 1.54) is 0 Å². The van der Waals surface area contributed by atoms with Crippen molar-refractivity contribution in [2.45, 2.75) is 169 Å². The van der Waals surface area contributed by atoms with Crippen LogP contribution in [-0.4, -0.2) is 88.8 Å². The van der Waals surface area contributed by atoms with Crippen LogP contribution in [0.25, 0.3) is 0 Å². The van der Waals surface area contributed by atoms with Gasteiger partial charge in [-0.25, -0.2) is 4.79 Å². The fourth-order valence-corrected chi connectivity index (χ4v) is 12.4. The van der Waals surface area contributed by atoms with Gasteiger partial charge < -0.3 is 40.4 Å². The molecule has 1 saturated heterocycles. The zero-order valence-electron chi connectivity index (χ0n) is 34.3. The van der Waals surface area contributed by atoms with Crippen molar-refractivity contribution in [1.29, 1.82) is 0 Å². The van der Waals surface area contributed by atoms with Gasteiger partial charge in [0.05, 0.1) is 30.0 Å². The summed E-state index contributed by atoms with van der Waals surface area (Å²) in [5.41, 5.74) is -2.34. The Labute approximate surface area is 317 Å². The highest BCUT2D eigenvalue weighted by Gasteiger charge is 2.72. The van der Waals surface area contributed by atoms with Gasteiger partial charge >= 0.3 is 12.1 Å². The Bertz CT molecular complexity index is 1420. The van der Waals surface area contributed by atoms with E-state index in [1.807, 2.05) is 13.8 Å². The summed E-state index contributed by atoms with van der Waals surface area (Å²) >= 11 is 0. The first-order valence-electron chi connectivity index (χ1n) is 20.0. The van der Waals surface area contributed by atoms with Gasteiger partial charge in [0.25, 0.3) is 0 Å². The molecule has 11 atom stereocenters. The minimum Gasteiger partial charge on any atom is -0.460 e. The van der Waals surface area contributed by atoms with Crippen LogP contribution in [0.3, 0.4) is 0 Å². The Morgan fingerprint density at radius 1 is 0.755 bits per heavy atom. The SMILES string of the molecule is CC(C)(C)OC(=O)NCC(=O)NCC(=O)NCC(=O)O[C@H]1CC[C@]2(C)[C@H]3C[C@@H](O)[C@@H]4[C@@H]([C@]5(C)CC[C@@H](C(C)(C)O)O5)CC[C@@]4(C)[C@]3(C)CC[C@H]2C1(C)C. The summed E-state index contributed by atoms with van der Waals surface area (Å²) in [6.45, 7) is 21.8. The van der Waals surface area contributed by atoms with Gasteiger partial charge in [-0.15, -0.1) is 0 Å². The van der Waals surface area contributed by atoms with Crippen LogP contribution in [0.5, 0.6) is 0 Å². The number of fused-ring (bicyclic) bond motifs is 5. The lowest BCUT2D eigenvalue weighted by Gasteiger charge is -2.70. The Morgan fingerprint density at radius 3 is 1.96 bits per heavy atom. The molecule has 0 aromatic carbocycles. The summed E-state index contributed by atoms with van der Waals surface area (Å²) in [5.74, 6) is -0.656. The normalized spacial score (nSPS) is 40.6. The Morgan fingerprint density at radius 2 is 1.36 bits per heavy atom. The summed E-state index contributed by atoms with van der Waals surface area (Å²) in [5, 5.41) is 30.2. The number of carbonyl (C=O) groups excluding carboxylic acids is 4. The lowest BCUT2D eigenvalue weighted by atomic mass is 9.35. The van der Waals surface area contributed by atoms with Crippen molar-refractivity contribution >= 4 is 23.9 Å². The van der Waals surface area contributed by atoms with Gasteiger partial charge in [-0.2, -0.15) is 0 Å². The molecule has 4 saturated carbocycles. The second-order valence-electron chi connectivity index (χ2n) is 20.3. The highest BCUT2D eigenvalue weighted by molar-refractivity contribution is 5.88. The molecule has 1 aliphatic heterocycles. The zero-order valence-corrected chi connectivity index (χ0v) is 34.3. The molecule has 0 unspecified atom stereocenters. The van der Waals surface area contributed by atoms with Crippen molar-refractivity contribution in [3.8, 4) is 0 Å². The van der Waals surface area contributed by atoms with Crippen LogP contribution in [0.15, 0.2) is 0 Å². The predicted molar refractivity (Wildman–Crippen MR) is 199 cm³/mol. The number of nitrogens with one attached hydrogen (secondary N) is 3. The fraction of sp³-hybridized carbons (Fsp3) is 0.902. The van der Waals surface area contributed by atoms with Gasteiger partial charge in [0, 0.05) is 5.41 Å². The average molecular weight is 748 g/mol. The minimum atomic E-state index is -0.896. The van der Waals surface area contributed by atoms with E-state index in [0.717, 1.165) is 51.4 Å². The van der Waals surface area contributed by atoms with Crippen LogP contribution in [-0.2, 0) is 28.6 Å². The average Bonchev–Trinajstić information content (AvgIpc) is 3.63. The molecule has 0 spiro atoms. The second-order valence-corrected chi connectivity index (χ2v) is 20.3. The van der Waals surface area contributed by atoms with E-state index in [0.29, 0.717) is 12.3 Å². The van der Waals surface area contributed by atoms with Crippen LogP contribution in [0.1, 0.15) is 134 Å². The number of rotatable bonds is 9. The summed E-state index contributed by atoms with van der Waals surface area (Å²) in [4.78, 5) is 49.3. The fourth-order valence-electron chi connectivity index (χ4n) is 12.4. The third-order valence-electron chi connectivity index (χ3n) is 15.2. The van der Waals surface area contributed by atoms with Gasteiger partial charge in [0.15, 0.2) is 0 Å². The molecule has 5 N–H and O–H groups in total. The van der Waals surface area contributed by atoms with Crippen LogP contribution >= 0.6 is 0 Å². The molecule has 302 valence electrons. The number of aliphatic hydroxyl groups excluding tert-OH is 1. The predicted octanol–water partition coefficient (Wildman–Crippen LogP) is 5.02. The van der Waals surface area contributed by atoms with Crippen LogP contribution < -0.4 is 16.0 Å². The first kappa shape index (κ1) is 41.7. The molecular weight excluding hydrogens is 678 g/mol. The molecule has 0 radical (unpaired) electrons. The molecule has 53 heavy (non-hydrogen) atoms. The van der Waals surface area contributed by atoms with E-state index in [-0.39, 0.29) is 76.9 Å². The molecule has 12 heteroatoms. The third kappa shape index (κ3) is 7.84. The maximum absolute atomic E-state index is 13.1. The molecule has 5 aliphatic rings. The Balaban J connectivity index is 1.17. The number of amides is 3. The van der Waals surface area contributed by atoms with Crippen molar-refractivity contribution in [1.82, 2.24) is 16.0 Å². The largest absolute Gasteiger partial charge is 0.460 e. The maximum Gasteiger partial charge on any atom is 0.408 e. The number of carbonyl (C=O) groups is 4. The van der Waals surface area contributed by atoms with E-state index in [9.17, 15) is 29.4 Å².